The summed E-state index contributed by atoms with van der Waals surface area (Å²) < 4.78 is 5.63. The normalized spacial score (nSPS) is 19.7. The maximum Gasteiger partial charge on any atom is 0.407 e. The van der Waals surface area contributed by atoms with Gasteiger partial charge in [0.25, 0.3) is 0 Å². The van der Waals surface area contributed by atoms with Crippen molar-refractivity contribution < 1.29 is 14.6 Å². The Kier molecular flexibility index (Phi) is 3.86. The molecule has 0 radical (unpaired) electrons. The first-order chi connectivity index (χ1) is 8.56. The van der Waals surface area contributed by atoms with Crippen LogP contribution in [0.4, 0.5) is 4.79 Å². The van der Waals surface area contributed by atoms with Crippen LogP contribution in [-0.4, -0.2) is 45.5 Å². The number of carboxylic acid groups (broad SMARTS) is 1. The summed E-state index contributed by atoms with van der Waals surface area (Å²) in [6.45, 7) is 2.73. The van der Waals surface area contributed by atoms with Crippen molar-refractivity contribution in [1.82, 2.24) is 15.1 Å². The Labute approximate surface area is 110 Å². The van der Waals surface area contributed by atoms with Crippen molar-refractivity contribution >= 4 is 17.7 Å². The summed E-state index contributed by atoms with van der Waals surface area (Å²) in [7, 11) is 0. The van der Waals surface area contributed by atoms with E-state index in [2.05, 4.69) is 10.2 Å². The van der Waals surface area contributed by atoms with E-state index >= 15 is 0 Å². The van der Waals surface area contributed by atoms with Gasteiger partial charge in [0.15, 0.2) is 5.15 Å². The molecule has 7 heteroatoms. The SMILES string of the molecule is Cc1cc(OC2CCCN(C(=O)O)C2)nnc1Cl. The summed E-state index contributed by atoms with van der Waals surface area (Å²) in [6, 6.07) is 1.70. The van der Waals surface area contributed by atoms with E-state index in [-0.39, 0.29) is 6.10 Å². The predicted molar refractivity (Wildman–Crippen MR) is 65.0 cm³/mol. The number of aryl methyl sites for hydroxylation is 1. The monoisotopic (exact) mass is 271 g/mol. The van der Waals surface area contributed by atoms with E-state index in [0.29, 0.717) is 24.1 Å². The summed E-state index contributed by atoms with van der Waals surface area (Å²) in [5, 5.41) is 16.9. The molecule has 0 aliphatic carbocycles. The number of nitrogens with zero attached hydrogens (tertiary/aromatic N) is 3. The van der Waals surface area contributed by atoms with Crippen LogP contribution < -0.4 is 4.74 Å². The molecule has 1 saturated heterocycles. The molecule has 1 aliphatic heterocycles. The molecule has 1 aromatic heterocycles. The molecule has 98 valence electrons. The molecule has 0 spiro atoms. The van der Waals surface area contributed by atoms with Crippen LogP contribution in [0.25, 0.3) is 0 Å². The summed E-state index contributed by atoms with van der Waals surface area (Å²) in [4.78, 5) is 12.2. The summed E-state index contributed by atoms with van der Waals surface area (Å²) in [6.07, 6.45) is 0.510. The van der Waals surface area contributed by atoms with E-state index < -0.39 is 6.09 Å². The lowest BCUT2D eigenvalue weighted by Crippen LogP contribution is -2.43. The van der Waals surface area contributed by atoms with E-state index in [0.717, 1.165) is 18.4 Å². The minimum atomic E-state index is -0.915. The van der Waals surface area contributed by atoms with Gasteiger partial charge in [-0.1, -0.05) is 11.6 Å². The van der Waals surface area contributed by atoms with E-state index in [1.807, 2.05) is 6.92 Å². The van der Waals surface area contributed by atoms with Crippen LogP contribution in [-0.2, 0) is 0 Å². The molecule has 6 nitrogen and oxygen atoms in total. The van der Waals surface area contributed by atoms with Gasteiger partial charge in [-0.05, 0) is 25.3 Å². The number of aromatic nitrogens is 2. The van der Waals surface area contributed by atoms with Crippen molar-refractivity contribution in [3.05, 3.63) is 16.8 Å². The molecular formula is C11H14ClN3O3. The van der Waals surface area contributed by atoms with Gasteiger partial charge in [0.2, 0.25) is 5.88 Å². The Hall–Kier alpha value is -1.56. The van der Waals surface area contributed by atoms with Crippen LogP contribution in [0, 0.1) is 6.92 Å². The first-order valence-corrected chi connectivity index (χ1v) is 6.08. The zero-order valence-electron chi connectivity index (χ0n) is 9.97. The molecule has 1 aliphatic rings. The number of amides is 1. The van der Waals surface area contributed by atoms with Crippen molar-refractivity contribution in [2.45, 2.75) is 25.9 Å². The second-order valence-corrected chi connectivity index (χ2v) is 4.63. The molecule has 1 N–H and O–H groups in total. The maximum absolute atomic E-state index is 10.9. The Morgan fingerprint density at radius 1 is 1.61 bits per heavy atom. The predicted octanol–water partition coefficient (Wildman–Crippen LogP) is 1.96. The van der Waals surface area contributed by atoms with E-state index in [1.165, 1.54) is 4.90 Å². The minimum Gasteiger partial charge on any atom is -0.471 e. The summed E-state index contributed by atoms with van der Waals surface area (Å²) >= 11 is 5.77. The smallest absolute Gasteiger partial charge is 0.407 e. The highest BCUT2D eigenvalue weighted by atomic mass is 35.5. The second-order valence-electron chi connectivity index (χ2n) is 4.27. The molecule has 18 heavy (non-hydrogen) atoms. The van der Waals surface area contributed by atoms with Crippen molar-refractivity contribution in [3.8, 4) is 5.88 Å². The van der Waals surface area contributed by atoms with Crippen LogP contribution in [0.3, 0.4) is 0 Å². The van der Waals surface area contributed by atoms with Gasteiger partial charge in [-0.25, -0.2) is 4.79 Å². The lowest BCUT2D eigenvalue weighted by atomic mass is 10.1. The van der Waals surface area contributed by atoms with Gasteiger partial charge in [0, 0.05) is 12.6 Å². The minimum absolute atomic E-state index is 0.176. The van der Waals surface area contributed by atoms with Gasteiger partial charge in [-0.3, -0.25) is 0 Å². The highest BCUT2D eigenvalue weighted by molar-refractivity contribution is 6.30. The lowest BCUT2D eigenvalue weighted by molar-refractivity contribution is 0.0761. The van der Waals surface area contributed by atoms with Crippen LogP contribution >= 0.6 is 11.6 Å². The Morgan fingerprint density at radius 2 is 2.39 bits per heavy atom. The third kappa shape index (κ3) is 3.01. The zero-order valence-corrected chi connectivity index (χ0v) is 10.7. The molecular weight excluding hydrogens is 258 g/mol. The van der Waals surface area contributed by atoms with Crippen molar-refractivity contribution in [1.29, 1.82) is 0 Å². The molecule has 0 saturated carbocycles. The number of halogens is 1. The Balaban J connectivity index is 2.00. The van der Waals surface area contributed by atoms with Crippen LogP contribution in [0.2, 0.25) is 5.15 Å². The average Bonchev–Trinajstić information content (AvgIpc) is 2.34. The third-order valence-corrected chi connectivity index (χ3v) is 3.21. The standard InChI is InChI=1S/C11H14ClN3O3/c1-7-5-9(13-14-10(7)12)18-8-3-2-4-15(6-8)11(16)17/h5,8H,2-4,6H2,1H3,(H,16,17). The van der Waals surface area contributed by atoms with Gasteiger partial charge >= 0.3 is 6.09 Å². The van der Waals surface area contributed by atoms with Gasteiger partial charge in [0.1, 0.15) is 6.10 Å². The molecule has 1 unspecified atom stereocenters. The Morgan fingerprint density at radius 3 is 3.06 bits per heavy atom. The molecule has 2 rings (SSSR count). The molecule has 1 amide bonds. The quantitative estimate of drug-likeness (QED) is 0.890. The van der Waals surface area contributed by atoms with E-state index in [1.54, 1.807) is 6.07 Å². The largest absolute Gasteiger partial charge is 0.471 e. The zero-order chi connectivity index (χ0) is 13.1. The first kappa shape index (κ1) is 12.9. The summed E-state index contributed by atoms with van der Waals surface area (Å²) in [5.41, 5.74) is 0.785. The van der Waals surface area contributed by atoms with Gasteiger partial charge in [0.05, 0.1) is 6.54 Å². The molecule has 1 atom stereocenters. The Bertz CT molecular complexity index is 455. The number of hydrogen-bond acceptors (Lipinski definition) is 4. The van der Waals surface area contributed by atoms with E-state index in [9.17, 15) is 4.79 Å². The first-order valence-electron chi connectivity index (χ1n) is 5.70. The fourth-order valence-electron chi connectivity index (χ4n) is 1.88. The van der Waals surface area contributed by atoms with Crippen molar-refractivity contribution in [3.63, 3.8) is 0 Å². The second kappa shape index (κ2) is 5.39. The number of ether oxygens (including phenoxy) is 1. The van der Waals surface area contributed by atoms with Crippen molar-refractivity contribution in [2.24, 2.45) is 0 Å². The topological polar surface area (TPSA) is 75.5 Å². The fourth-order valence-corrected chi connectivity index (χ4v) is 1.97. The molecule has 2 heterocycles. The number of piperidine rings is 1. The highest BCUT2D eigenvalue weighted by Crippen LogP contribution is 2.19. The molecule has 0 aromatic carbocycles. The van der Waals surface area contributed by atoms with Gasteiger partial charge in [-0.2, -0.15) is 0 Å². The lowest BCUT2D eigenvalue weighted by Gasteiger charge is -2.30. The van der Waals surface area contributed by atoms with Gasteiger partial charge in [-0.15, -0.1) is 10.2 Å². The number of likely N-dealkylation sites (tertiary alicyclic amines) is 1. The number of carbonyl (C=O) groups is 1. The van der Waals surface area contributed by atoms with Crippen LogP contribution in [0.5, 0.6) is 5.88 Å². The van der Waals surface area contributed by atoms with Gasteiger partial charge < -0.3 is 14.7 Å². The molecule has 1 fully saturated rings. The van der Waals surface area contributed by atoms with E-state index in [4.69, 9.17) is 21.4 Å². The molecule has 1 aromatic rings. The average molecular weight is 272 g/mol. The fraction of sp³-hybridized carbons (Fsp3) is 0.545. The number of hydrogen-bond donors (Lipinski definition) is 1. The highest BCUT2D eigenvalue weighted by Gasteiger charge is 2.24. The van der Waals surface area contributed by atoms with Crippen LogP contribution in [0.1, 0.15) is 18.4 Å². The summed E-state index contributed by atoms with van der Waals surface area (Å²) in [5.74, 6) is 0.383. The number of rotatable bonds is 2. The maximum atomic E-state index is 10.9. The molecule has 0 bridgehead atoms. The van der Waals surface area contributed by atoms with Crippen LogP contribution in [0.15, 0.2) is 6.07 Å². The van der Waals surface area contributed by atoms with Crippen molar-refractivity contribution in [2.75, 3.05) is 13.1 Å². The third-order valence-electron chi connectivity index (χ3n) is 2.84.